The number of hydrogen-bond acceptors (Lipinski definition) is 4. The van der Waals surface area contributed by atoms with Crippen molar-refractivity contribution in [3.05, 3.63) is 0 Å². The number of likely N-dealkylation sites (tertiary alicyclic amines) is 1. The largest absolute Gasteiger partial charge is 0.475 e. The molecule has 0 spiro atoms. The fourth-order valence-corrected chi connectivity index (χ4v) is 2.92. The van der Waals surface area contributed by atoms with E-state index in [1.54, 1.807) is 4.90 Å². The number of rotatable bonds is 2. The molecule has 96 valence electrons. The first-order chi connectivity index (χ1) is 7.93. The Morgan fingerprint density at radius 3 is 2.71 bits per heavy atom. The second kappa shape index (κ2) is 4.59. The van der Waals surface area contributed by atoms with Gasteiger partial charge in [-0.1, -0.05) is 13.8 Å². The van der Waals surface area contributed by atoms with Crippen LogP contribution in [0.4, 0.5) is 0 Å². The maximum atomic E-state index is 12.4. The van der Waals surface area contributed by atoms with Gasteiger partial charge in [-0.25, -0.2) is 0 Å². The molecule has 0 aromatic carbocycles. The van der Waals surface area contributed by atoms with E-state index in [1.165, 1.54) is 0 Å². The fraction of sp³-hybridized carbons (Fsp3) is 0.909. The van der Waals surface area contributed by atoms with Crippen LogP contribution in [0.5, 0.6) is 0 Å². The Morgan fingerprint density at radius 2 is 2.18 bits per heavy atom. The van der Waals surface area contributed by atoms with Crippen molar-refractivity contribution in [3.8, 4) is 0 Å². The first-order valence-corrected chi connectivity index (χ1v) is 6.33. The highest BCUT2D eigenvalue weighted by Crippen LogP contribution is 2.32. The van der Waals surface area contributed by atoms with Gasteiger partial charge in [0.1, 0.15) is 0 Å². The summed E-state index contributed by atoms with van der Waals surface area (Å²) in [4.78, 5) is 14.1. The van der Waals surface area contributed by atoms with Crippen molar-refractivity contribution < 1.29 is 14.8 Å². The highest BCUT2D eigenvalue weighted by atomic mass is 16.4. The van der Waals surface area contributed by atoms with Crippen LogP contribution in [0.2, 0.25) is 0 Å². The summed E-state index contributed by atoms with van der Waals surface area (Å²) in [6.45, 7) is 5.64. The second-order valence-electron chi connectivity index (χ2n) is 5.78. The van der Waals surface area contributed by atoms with Crippen molar-refractivity contribution in [2.24, 2.45) is 5.41 Å². The van der Waals surface area contributed by atoms with Crippen LogP contribution in [0.1, 0.15) is 33.1 Å². The summed E-state index contributed by atoms with van der Waals surface area (Å²) in [5, 5.41) is 21.8. The van der Waals surface area contributed by atoms with Crippen LogP contribution >= 0.6 is 0 Å². The molecular formula is C11H21BN2O3. The third-order valence-electron chi connectivity index (χ3n) is 4.07. The van der Waals surface area contributed by atoms with Gasteiger partial charge >= 0.3 is 7.12 Å². The van der Waals surface area contributed by atoms with Crippen LogP contribution in [-0.4, -0.2) is 53.0 Å². The first kappa shape index (κ1) is 12.9. The van der Waals surface area contributed by atoms with Gasteiger partial charge in [-0.15, -0.1) is 0 Å². The summed E-state index contributed by atoms with van der Waals surface area (Å²) < 4.78 is 0. The number of hydrogen-bond donors (Lipinski definition) is 3. The molecule has 6 heteroatoms. The summed E-state index contributed by atoms with van der Waals surface area (Å²) >= 11 is 0. The minimum Gasteiger partial charge on any atom is -0.426 e. The van der Waals surface area contributed by atoms with Crippen LogP contribution in [-0.2, 0) is 4.79 Å². The molecule has 2 heterocycles. The maximum Gasteiger partial charge on any atom is 0.475 e. The zero-order valence-corrected chi connectivity index (χ0v) is 10.5. The highest BCUT2D eigenvalue weighted by molar-refractivity contribution is 6.43. The Morgan fingerprint density at radius 1 is 1.47 bits per heavy atom. The lowest BCUT2D eigenvalue weighted by molar-refractivity contribution is -0.135. The molecule has 0 bridgehead atoms. The molecule has 0 aromatic rings. The second-order valence-corrected chi connectivity index (χ2v) is 5.78. The van der Waals surface area contributed by atoms with Crippen LogP contribution in [0, 0.1) is 5.41 Å². The molecule has 1 unspecified atom stereocenters. The number of amides is 1. The van der Waals surface area contributed by atoms with Crippen molar-refractivity contribution in [2.75, 3.05) is 13.1 Å². The van der Waals surface area contributed by atoms with Gasteiger partial charge in [0.05, 0.1) is 12.0 Å². The number of nitrogens with zero attached hydrogens (tertiary/aromatic N) is 1. The Hall–Kier alpha value is -0.585. The molecule has 17 heavy (non-hydrogen) atoms. The zero-order chi connectivity index (χ0) is 12.6. The topological polar surface area (TPSA) is 72.8 Å². The predicted octanol–water partition coefficient (Wildman–Crippen LogP) is -0.622. The lowest BCUT2D eigenvalue weighted by atomic mass is 9.77. The van der Waals surface area contributed by atoms with E-state index in [9.17, 15) is 14.8 Å². The molecule has 0 aromatic heterocycles. The lowest BCUT2D eigenvalue weighted by Crippen LogP contribution is -2.54. The van der Waals surface area contributed by atoms with E-state index in [2.05, 4.69) is 19.2 Å². The normalized spacial score (nSPS) is 31.9. The molecule has 3 N–H and O–H groups in total. The minimum absolute atomic E-state index is 0.0168. The molecule has 1 amide bonds. The van der Waals surface area contributed by atoms with Crippen molar-refractivity contribution in [3.63, 3.8) is 0 Å². The van der Waals surface area contributed by atoms with Gasteiger partial charge < -0.3 is 20.3 Å². The number of nitrogens with one attached hydrogen (secondary N) is 1. The summed E-state index contributed by atoms with van der Waals surface area (Å²) in [6, 6.07) is -0.193. The van der Waals surface area contributed by atoms with Crippen molar-refractivity contribution in [1.29, 1.82) is 0 Å². The Labute approximate surface area is 102 Å². The average molecular weight is 240 g/mol. The summed E-state index contributed by atoms with van der Waals surface area (Å²) in [7, 11) is -1.43. The van der Waals surface area contributed by atoms with Crippen molar-refractivity contribution in [1.82, 2.24) is 10.2 Å². The SMILES string of the molecule is CC1(C)CCNC1C(=O)N1CCC[C@H]1B(O)O. The van der Waals surface area contributed by atoms with Crippen molar-refractivity contribution >= 4 is 13.0 Å². The van der Waals surface area contributed by atoms with Gasteiger partial charge in [0, 0.05) is 6.54 Å². The smallest absolute Gasteiger partial charge is 0.426 e. The van der Waals surface area contributed by atoms with Gasteiger partial charge in [-0.2, -0.15) is 0 Å². The molecule has 5 nitrogen and oxygen atoms in total. The monoisotopic (exact) mass is 240 g/mol. The summed E-state index contributed by atoms with van der Waals surface area (Å²) in [5.74, 6) is -0.413. The Balaban J connectivity index is 2.09. The molecule has 2 aliphatic heterocycles. The van der Waals surface area contributed by atoms with Gasteiger partial charge in [0.2, 0.25) is 5.91 Å². The summed E-state index contributed by atoms with van der Waals surface area (Å²) in [6.07, 6.45) is 2.50. The molecule has 2 fully saturated rings. The van der Waals surface area contributed by atoms with Gasteiger partial charge in [-0.3, -0.25) is 4.79 Å². The molecule has 2 rings (SSSR count). The number of carbonyl (C=O) groups is 1. The molecule has 2 saturated heterocycles. The molecular weight excluding hydrogens is 219 g/mol. The molecule has 2 aliphatic rings. The quantitative estimate of drug-likeness (QED) is 0.562. The van der Waals surface area contributed by atoms with Crippen LogP contribution in [0.3, 0.4) is 0 Å². The first-order valence-electron chi connectivity index (χ1n) is 6.33. The van der Waals surface area contributed by atoms with Crippen molar-refractivity contribution in [2.45, 2.75) is 45.1 Å². The molecule has 0 aliphatic carbocycles. The minimum atomic E-state index is -1.43. The average Bonchev–Trinajstić information content (AvgIpc) is 2.82. The predicted molar refractivity (Wildman–Crippen MR) is 65.1 cm³/mol. The van der Waals surface area contributed by atoms with E-state index in [4.69, 9.17) is 0 Å². The molecule has 0 saturated carbocycles. The Bertz CT molecular complexity index is 309. The number of carbonyl (C=O) groups excluding carboxylic acids is 1. The van der Waals surface area contributed by atoms with Crippen LogP contribution in [0.25, 0.3) is 0 Å². The molecule has 2 atom stereocenters. The summed E-state index contributed by atoms with van der Waals surface area (Å²) in [5.41, 5.74) is -0.0510. The van der Waals surface area contributed by atoms with Crippen LogP contribution in [0.15, 0.2) is 0 Å². The van der Waals surface area contributed by atoms with E-state index < -0.39 is 13.1 Å². The zero-order valence-electron chi connectivity index (χ0n) is 10.5. The van der Waals surface area contributed by atoms with Gasteiger partial charge in [-0.05, 0) is 31.2 Å². The van der Waals surface area contributed by atoms with E-state index in [0.29, 0.717) is 13.0 Å². The van der Waals surface area contributed by atoms with Gasteiger partial charge in [0.15, 0.2) is 0 Å². The van der Waals surface area contributed by atoms with E-state index >= 15 is 0 Å². The lowest BCUT2D eigenvalue weighted by Gasteiger charge is -2.32. The van der Waals surface area contributed by atoms with E-state index in [-0.39, 0.29) is 17.4 Å². The third-order valence-corrected chi connectivity index (χ3v) is 4.07. The third kappa shape index (κ3) is 2.34. The maximum absolute atomic E-state index is 12.4. The fourth-order valence-electron chi connectivity index (χ4n) is 2.92. The van der Waals surface area contributed by atoms with E-state index in [1.807, 2.05) is 0 Å². The van der Waals surface area contributed by atoms with E-state index in [0.717, 1.165) is 19.4 Å². The standard InChI is InChI=1S/C11H21BN2O3/c1-11(2)5-6-13-9(11)10(15)14-7-3-4-8(14)12(16)17/h8-9,13,16-17H,3-7H2,1-2H3/t8-,9?/m0/s1. The Kier molecular flexibility index (Phi) is 3.47. The van der Waals surface area contributed by atoms with Crippen LogP contribution < -0.4 is 5.32 Å². The highest BCUT2D eigenvalue weighted by Gasteiger charge is 2.45. The van der Waals surface area contributed by atoms with Gasteiger partial charge in [0.25, 0.3) is 0 Å². The molecule has 0 radical (unpaired) electrons.